The Morgan fingerprint density at radius 3 is 3.00 bits per heavy atom. The van der Waals surface area contributed by atoms with Crippen molar-refractivity contribution in [1.29, 1.82) is 0 Å². The molecule has 1 rings (SSSR count). The molecule has 1 aliphatic rings. The number of carbonyl (C=O) groups is 1. The Labute approximate surface area is 90.4 Å². The number of rotatable bonds is 5. The summed E-state index contributed by atoms with van der Waals surface area (Å²) in [6.07, 6.45) is 4.26. The van der Waals surface area contributed by atoms with Gasteiger partial charge in [-0.05, 0) is 37.3 Å². The molecule has 3 nitrogen and oxygen atoms in total. The van der Waals surface area contributed by atoms with E-state index in [1.54, 1.807) is 0 Å². The summed E-state index contributed by atoms with van der Waals surface area (Å²) in [5, 5.41) is 6.20. The smallest absolute Gasteiger partial charge is 0.237 e. The average molecular weight is 216 g/mol. The number of thioether (sulfide) groups is 1. The largest absolute Gasteiger partial charge is 0.355 e. The predicted octanol–water partition coefficient (Wildman–Crippen LogP) is 0.854. The fraction of sp³-hybridized carbons (Fsp3) is 0.900. The van der Waals surface area contributed by atoms with Gasteiger partial charge < -0.3 is 10.6 Å². The van der Waals surface area contributed by atoms with Gasteiger partial charge in [-0.1, -0.05) is 6.92 Å². The molecule has 0 aromatic carbocycles. The molecule has 0 aromatic rings. The van der Waals surface area contributed by atoms with E-state index in [0.717, 1.165) is 31.7 Å². The lowest BCUT2D eigenvalue weighted by Crippen LogP contribution is -2.43. The summed E-state index contributed by atoms with van der Waals surface area (Å²) in [5.74, 6) is 1.78. The minimum atomic E-state index is 0.0456. The fourth-order valence-electron chi connectivity index (χ4n) is 1.72. The first kappa shape index (κ1) is 11.9. The third-order valence-corrected chi connectivity index (χ3v) is 3.34. The Hall–Kier alpha value is -0.220. The standard InChI is InChI=1S/C10H20N2OS/c1-8-4-6-11-9(8)10(13)12-5-3-7-14-2/h8-9,11H,3-7H2,1-2H3,(H,12,13). The summed E-state index contributed by atoms with van der Waals surface area (Å²) >= 11 is 1.82. The minimum absolute atomic E-state index is 0.0456. The quantitative estimate of drug-likeness (QED) is 0.670. The van der Waals surface area contributed by atoms with Gasteiger partial charge in [0.25, 0.3) is 0 Å². The van der Waals surface area contributed by atoms with E-state index >= 15 is 0 Å². The highest BCUT2D eigenvalue weighted by Gasteiger charge is 2.28. The van der Waals surface area contributed by atoms with E-state index in [1.165, 1.54) is 0 Å². The lowest BCUT2D eigenvalue weighted by Gasteiger charge is -2.15. The fourth-order valence-corrected chi connectivity index (χ4v) is 2.16. The zero-order valence-electron chi connectivity index (χ0n) is 9.01. The van der Waals surface area contributed by atoms with E-state index in [-0.39, 0.29) is 11.9 Å². The van der Waals surface area contributed by atoms with Crippen molar-refractivity contribution in [3.63, 3.8) is 0 Å². The van der Waals surface area contributed by atoms with Gasteiger partial charge in [0.2, 0.25) is 5.91 Å². The van der Waals surface area contributed by atoms with Crippen LogP contribution in [0, 0.1) is 5.92 Å². The summed E-state index contributed by atoms with van der Waals surface area (Å²) in [6, 6.07) is 0.0456. The number of hydrogen-bond acceptors (Lipinski definition) is 3. The van der Waals surface area contributed by atoms with E-state index in [1.807, 2.05) is 11.8 Å². The van der Waals surface area contributed by atoms with E-state index in [9.17, 15) is 4.79 Å². The molecule has 0 radical (unpaired) electrons. The molecule has 0 aromatic heterocycles. The third-order valence-electron chi connectivity index (χ3n) is 2.64. The van der Waals surface area contributed by atoms with Crippen LogP contribution in [0.4, 0.5) is 0 Å². The molecule has 4 heteroatoms. The molecule has 0 aliphatic carbocycles. The van der Waals surface area contributed by atoms with Crippen molar-refractivity contribution >= 4 is 17.7 Å². The van der Waals surface area contributed by atoms with Gasteiger partial charge in [-0.15, -0.1) is 0 Å². The lowest BCUT2D eigenvalue weighted by atomic mass is 10.0. The van der Waals surface area contributed by atoms with Gasteiger partial charge >= 0.3 is 0 Å². The van der Waals surface area contributed by atoms with Crippen molar-refractivity contribution in [2.24, 2.45) is 5.92 Å². The molecule has 1 heterocycles. The van der Waals surface area contributed by atoms with Crippen molar-refractivity contribution in [3.8, 4) is 0 Å². The van der Waals surface area contributed by atoms with Crippen molar-refractivity contribution in [3.05, 3.63) is 0 Å². The molecule has 2 atom stereocenters. The highest BCUT2D eigenvalue weighted by atomic mass is 32.2. The Balaban J connectivity index is 2.14. The molecular formula is C10H20N2OS. The molecule has 82 valence electrons. The average Bonchev–Trinajstić information content (AvgIpc) is 2.59. The van der Waals surface area contributed by atoms with Crippen molar-refractivity contribution < 1.29 is 4.79 Å². The normalized spacial score (nSPS) is 26.4. The predicted molar refractivity (Wildman–Crippen MR) is 61.6 cm³/mol. The van der Waals surface area contributed by atoms with E-state index in [4.69, 9.17) is 0 Å². The maximum Gasteiger partial charge on any atom is 0.237 e. The summed E-state index contributed by atoms with van der Waals surface area (Å²) < 4.78 is 0. The Morgan fingerprint density at radius 1 is 1.64 bits per heavy atom. The number of nitrogens with one attached hydrogen (secondary N) is 2. The molecule has 1 amide bonds. The van der Waals surface area contributed by atoms with Gasteiger partial charge in [0.15, 0.2) is 0 Å². The van der Waals surface area contributed by atoms with Crippen LogP contribution in [0.1, 0.15) is 19.8 Å². The molecule has 2 unspecified atom stereocenters. The number of carbonyl (C=O) groups excluding carboxylic acids is 1. The van der Waals surface area contributed by atoms with Crippen LogP contribution in [0.3, 0.4) is 0 Å². The Kier molecular flexibility index (Phi) is 5.33. The summed E-state index contributed by atoms with van der Waals surface area (Å²) in [7, 11) is 0. The van der Waals surface area contributed by atoms with Gasteiger partial charge in [0.05, 0.1) is 6.04 Å². The van der Waals surface area contributed by atoms with Crippen LogP contribution in [0.2, 0.25) is 0 Å². The van der Waals surface area contributed by atoms with Gasteiger partial charge in [-0.25, -0.2) is 0 Å². The Morgan fingerprint density at radius 2 is 2.43 bits per heavy atom. The summed E-state index contributed by atoms with van der Waals surface area (Å²) in [4.78, 5) is 11.6. The highest BCUT2D eigenvalue weighted by molar-refractivity contribution is 7.98. The zero-order valence-corrected chi connectivity index (χ0v) is 9.82. The third kappa shape index (κ3) is 3.50. The van der Waals surface area contributed by atoms with Crippen LogP contribution in [-0.2, 0) is 4.79 Å². The molecule has 14 heavy (non-hydrogen) atoms. The SMILES string of the molecule is CSCCCNC(=O)C1NCCC1C. The van der Waals surface area contributed by atoms with Gasteiger partial charge in [-0.3, -0.25) is 4.79 Å². The Bertz CT molecular complexity index is 187. The van der Waals surface area contributed by atoms with Gasteiger partial charge in [0, 0.05) is 6.54 Å². The highest BCUT2D eigenvalue weighted by Crippen LogP contribution is 2.13. The van der Waals surface area contributed by atoms with Crippen LogP contribution in [0.5, 0.6) is 0 Å². The lowest BCUT2D eigenvalue weighted by molar-refractivity contribution is -0.123. The maximum absolute atomic E-state index is 11.6. The monoisotopic (exact) mass is 216 g/mol. The molecule has 1 fully saturated rings. The molecule has 0 saturated carbocycles. The summed E-state index contributed by atoms with van der Waals surface area (Å²) in [6.45, 7) is 3.92. The molecule has 0 spiro atoms. The molecule has 1 saturated heterocycles. The second kappa shape index (κ2) is 6.30. The number of amides is 1. The van der Waals surface area contributed by atoms with Gasteiger partial charge in [-0.2, -0.15) is 11.8 Å². The van der Waals surface area contributed by atoms with E-state index in [2.05, 4.69) is 23.8 Å². The minimum Gasteiger partial charge on any atom is -0.355 e. The van der Waals surface area contributed by atoms with Gasteiger partial charge in [0.1, 0.15) is 0 Å². The topological polar surface area (TPSA) is 41.1 Å². The molecule has 0 bridgehead atoms. The van der Waals surface area contributed by atoms with E-state index in [0.29, 0.717) is 5.92 Å². The van der Waals surface area contributed by atoms with Crippen LogP contribution >= 0.6 is 11.8 Å². The first-order chi connectivity index (χ1) is 6.75. The zero-order chi connectivity index (χ0) is 10.4. The first-order valence-corrected chi connectivity index (χ1v) is 6.65. The molecule has 2 N–H and O–H groups in total. The van der Waals surface area contributed by atoms with E-state index < -0.39 is 0 Å². The second-order valence-corrected chi connectivity index (χ2v) is 4.82. The number of hydrogen-bond donors (Lipinski definition) is 2. The first-order valence-electron chi connectivity index (χ1n) is 5.25. The van der Waals surface area contributed by atoms with Crippen molar-refractivity contribution in [1.82, 2.24) is 10.6 Å². The van der Waals surface area contributed by atoms with Crippen LogP contribution in [0.25, 0.3) is 0 Å². The van der Waals surface area contributed by atoms with Crippen molar-refractivity contribution in [2.45, 2.75) is 25.8 Å². The second-order valence-electron chi connectivity index (χ2n) is 3.84. The maximum atomic E-state index is 11.6. The van der Waals surface area contributed by atoms with Crippen LogP contribution in [-0.4, -0.2) is 37.0 Å². The molecule has 1 aliphatic heterocycles. The van der Waals surface area contributed by atoms with Crippen molar-refractivity contribution in [2.75, 3.05) is 25.1 Å². The summed E-state index contributed by atoms with van der Waals surface area (Å²) in [5.41, 5.74) is 0. The van der Waals surface area contributed by atoms with Crippen LogP contribution < -0.4 is 10.6 Å². The molecular weight excluding hydrogens is 196 g/mol. The van der Waals surface area contributed by atoms with Crippen LogP contribution in [0.15, 0.2) is 0 Å².